The summed E-state index contributed by atoms with van der Waals surface area (Å²) in [5.74, 6) is 0. The molecule has 1 aliphatic rings. The number of benzene rings is 1. The van der Waals surface area contributed by atoms with Gasteiger partial charge in [0.15, 0.2) is 0 Å². The summed E-state index contributed by atoms with van der Waals surface area (Å²) >= 11 is 7.47. The van der Waals surface area contributed by atoms with Crippen LogP contribution in [0.5, 0.6) is 0 Å². The normalized spacial score (nSPS) is 14.3. The summed E-state index contributed by atoms with van der Waals surface area (Å²) in [7, 11) is 0. The molecule has 0 fully saturated rings. The largest absolute Gasteiger partial charge is 0.121 e. The third-order valence-corrected chi connectivity index (χ3v) is 7.02. The fourth-order valence-electron chi connectivity index (χ4n) is 1.17. The van der Waals surface area contributed by atoms with Gasteiger partial charge in [-0.3, -0.25) is 0 Å². The van der Waals surface area contributed by atoms with Crippen LogP contribution >= 0.6 is 47.0 Å². The molecule has 0 aromatic heterocycles. The number of thioether (sulfide) groups is 4. The van der Waals surface area contributed by atoms with E-state index in [1.54, 1.807) is 0 Å². The van der Waals surface area contributed by atoms with E-state index in [9.17, 15) is 0 Å². The first kappa shape index (κ1) is 10.9. The molecule has 0 unspecified atom stereocenters. The molecule has 1 aromatic rings. The van der Waals surface area contributed by atoms with E-state index >= 15 is 0 Å². The molecular formula is C10H10S4. The molecular weight excluding hydrogens is 248 g/mol. The van der Waals surface area contributed by atoms with E-state index in [4.69, 9.17) is 0 Å². The Kier molecular flexibility index (Phi) is 3.82. The van der Waals surface area contributed by atoms with Crippen molar-refractivity contribution in [2.75, 3.05) is 12.5 Å². The molecule has 0 radical (unpaired) electrons. The van der Waals surface area contributed by atoms with Crippen molar-refractivity contribution in [2.45, 2.75) is 9.79 Å². The van der Waals surface area contributed by atoms with Crippen LogP contribution in [0.15, 0.2) is 42.5 Å². The Labute approximate surface area is 102 Å². The van der Waals surface area contributed by atoms with Crippen molar-refractivity contribution in [1.82, 2.24) is 0 Å². The quantitative estimate of drug-likeness (QED) is 0.751. The Morgan fingerprint density at radius 1 is 1.00 bits per heavy atom. The van der Waals surface area contributed by atoms with Gasteiger partial charge in [-0.25, -0.2) is 0 Å². The third-order valence-electron chi connectivity index (χ3n) is 1.79. The van der Waals surface area contributed by atoms with Crippen LogP contribution in [0.1, 0.15) is 0 Å². The molecule has 1 aromatic carbocycles. The summed E-state index contributed by atoms with van der Waals surface area (Å²) in [6.45, 7) is 0. The van der Waals surface area contributed by atoms with E-state index in [0.717, 1.165) is 0 Å². The lowest BCUT2D eigenvalue weighted by molar-refractivity contribution is 1.27. The Morgan fingerprint density at radius 2 is 1.50 bits per heavy atom. The highest BCUT2D eigenvalue weighted by Crippen LogP contribution is 2.54. The minimum Gasteiger partial charge on any atom is -0.121 e. The van der Waals surface area contributed by atoms with Crippen LogP contribution in [-0.2, 0) is 0 Å². The lowest BCUT2D eigenvalue weighted by Crippen LogP contribution is -1.69. The first-order valence-corrected chi connectivity index (χ1v) is 8.20. The second kappa shape index (κ2) is 4.92. The molecule has 74 valence electrons. The lowest BCUT2D eigenvalue weighted by Gasteiger charge is -2.01. The maximum Gasteiger partial charge on any atom is 0.0699 e. The Morgan fingerprint density at radius 3 is 1.93 bits per heavy atom. The molecule has 1 aliphatic heterocycles. The van der Waals surface area contributed by atoms with Gasteiger partial charge in [0.1, 0.15) is 0 Å². The number of rotatable bonds is 2. The molecule has 0 atom stereocenters. The van der Waals surface area contributed by atoms with Crippen molar-refractivity contribution >= 4 is 47.0 Å². The molecule has 0 amide bonds. The van der Waals surface area contributed by atoms with Crippen molar-refractivity contribution in [3.05, 3.63) is 32.7 Å². The smallest absolute Gasteiger partial charge is 0.0699 e. The summed E-state index contributed by atoms with van der Waals surface area (Å²) in [4.78, 5) is 2.79. The van der Waals surface area contributed by atoms with Crippen LogP contribution in [0, 0.1) is 0 Å². The monoisotopic (exact) mass is 258 g/mol. The molecule has 0 aliphatic carbocycles. The maximum absolute atomic E-state index is 2.19. The molecule has 14 heavy (non-hydrogen) atoms. The SMILES string of the molecule is CSC(SC)=C1Sc2ccccc2S1. The van der Waals surface area contributed by atoms with Crippen molar-refractivity contribution in [3.8, 4) is 0 Å². The molecule has 0 nitrogen and oxygen atoms in total. The second-order valence-electron chi connectivity index (χ2n) is 2.63. The van der Waals surface area contributed by atoms with Crippen LogP contribution < -0.4 is 0 Å². The molecule has 2 rings (SSSR count). The second-order valence-corrected chi connectivity index (χ2v) is 6.89. The minimum atomic E-state index is 1.40. The topological polar surface area (TPSA) is 0 Å². The molecule has 1 heterocycles. The first-order chi connectivity index (χ1) is 6.85. The van der Waals surface area contributed by atoms with Crippen molar-refractivity contribution in [2.24, 2.45) is 0 Å². The molecule has 4 heteroatoms. The Balaban J connectivity index is 2.30. The average Bonchev–Trinajstić information content (AvgIpc) is 2.63. The summed E-state index contributed by atoms with van der Waals surface area (Å²) < 4.78 is 2.86. The highest BCUT2D eigenvalue weighted by Gasteiger charge is 2.19. The zero-order chi connectivity index (χ0) is 9.97. The predicted molar refractivity (Wildman–Crippen MR) is 72.2 cm³/mol. The van der Waals surface area contributed by atoms with E-state index < -0.39 is 0 Å². The van der Waals surface area contributed by atoms with Gasteiger partial charge in [0.05, 0.1) is 8.47 Å². The highest BCUT2D eigenvalue weighted by molar-refractivity contribution is 8.29. The number of hydrogen-bond acceptors (Lipinski definition) is 4. The number of fused-ring (bicyclic) bond motifs is 1. The lowest BCUT2D eigenvalue weighted by atomic mass is 10.4. The fraction of sp³-hybridized carbons (Fsp3) is 0.200. The number of hydrogen-bond donors (Lipinski definition) is 0. The molecule has 0 bridgehead atoms. The van der Waals surface area contributed by atoms with Gasteiger partial charge in [0, 0.05) is 9.79 Å². The van der Waals surface area contributed by atoms with Crippen molar-refractivity contribution in [1.29, 1.82) is 0 Å². The fourth-order valence-corrected chi connectivity index (χ4v) is 5.82. The summed E-state index contributed by atoms with van der Waals surface area (Å²) in [5.41, 5.74) is 0. The van der Waals surface area contributed by atoms with Crippen LogP contribution in [-0.4, -0.2) is 12.5 Å². The summed E-state index contributed by atoms with van der Waals surface area (Å²) in [6, 6.07) is 8.59. The maximum atomic E-state index is 2.19. The Hall–Kier alpha value is 0.360. The van der Waals surface area contributed by atoms with Crippen LogP contribution in [0.2, 0.25) is 0 Å². The van der Waals surface area contributed by atoms with Crippen LogP contribution in [0.4, 0.5) is 0 Å². The van der Waals surface area contributed by atoms with E-state index in [1.807, 2.05) is 47.0 Å². The molecule has 0 saturated carbocycles. The van der Waals surface area contributed by atoms with Gasteiger partial charge in [-0.15, -0.1) is 23.5 Å². The molecule has 0 N–H and O–H groups in total. The van der Waals surface area contributed by atoms with Gasteiger partial charge in [0.25, 0.3) is 0 Å². The summed E-state index contributed by atoms with van der Waals surface area (Å²) in [5, 5.41) is 0. The molecule has 0 spiro atoms. The van der Waals surface area contributed by atoms with E-state index in [2.05, 4.69) is 36.8 Å². The first-order valence-electron chi connectivity index (χ1n) is 4.12. The van der Waals surface area contributed by atoms with E-state index in [0.29, 0.717) is 0 Å². The van der Waals surface area contributed by atoms with Crippen LogP contribution in [0.3, 0.4) is 0 Å². The summed E-state index contributed by atoms with van der Waals surface area (Å²) in [6.07, 6.45) is 4.28. The third kappa shape index (κ3) is 2.13. The predicted octanol–water partition coefficient (Wildman–Crippen LogP) is 4.74. The zero-order valence-electron chi connectivity index (χ0n) is 7.94. The standard InChI is InChI=1S/C10H10S4/c1-11-9(12-2)10-13-7-5-3-4-6-8(7)14-10/h3-6H,1-2H3. The van der Waals surface area contributed by atoms with Crippen molar-refractivity contribution < 1.29 is 0 Å². The van der Waals surface area contributed by atoms with Gasteiger partial charge in [-0.2, -0.15) is 0 Å². The van der Waals surface area contributed by atoms with Gasteiger partial charge < -0.3 is 0 Å². The average molecular weight is 258 g/mol. The van der Waals surface area contributed by atoms with E-state index in [1.165, 1.54) is 18.3 Å². The Bertz CT molecular complexity index is 337. The minimum absolute atomic E-state index is 1.40. The van der Waals surface area contributed by atoms with Gasteiger partial charge in [0.2, 0.25) is 0 Å². The van der Waals surface area contributed by atoms with Gasteiger partial charge in [-0.1, -0.05) is 35.7 Å². The zero-order valence-corrected chi connectivity index (χ0v) is 11.2. The van der Waals surface area contributed by atoms with Crippen LogP contribution in [0.25, 0.3) is 0 Å². The molecule has 0 saturated heterocycles. The highest BCUT2D eigenvalue weighted by atomic mass is 32.2. The van der Waals surface area contributed by atoms with Gasteiger partial charge in [-0.05, 0) is 24.6 Å². The van der Waals surface area contributed by atoms with E-state index in [-0.39, 0.29) is 0 Å². The van der Waals surface area contributed by atoms with Gasteiger partial charge >= 0.3 is 0 Å². The van der Waals surface area contributed by atoms with Crippen molar-refractivity contribution in [3.63, 3.8) is 0 Å².